The molecule has 1 N–H and O–H groups in total. The minimum Gasteiger partial charge on any atom is -0.385 e. The lowest BCUT2D eigenvalue weighted by atomic mass is 9.43. The van der Waals surface area contributed by atoms with Crippen LogP contribution in [0, 0.1) is 34.0 Å². The van der Waals surface area contributed by atoms with Crippen molar-refractivity contribution in [2.24, 2.45) is 22.7 Å². The topological polar surface area (TPSA) is 64.3 Å². The Hall–Kier alpha value is -1.29. The molecule has 4 aliphatic carbocycles. The summed E-state index contributed by atoms with van der Waals surface area (Å²) in [5.74, 6) is -0.264. The van der Waals surface area contributed by atoms with Crippen LogP contribution in [0.15, 0.2) is 0 Å². The second-order valence-corrected chi connectivity index (χ2v) is 8.74. The standard InChI is InChI=1S/C17H21F3N2O2/c18-17(19,20)15-6-11-3-12(7-15)5-14(4-11,8-15)13(23)22-9-16(24,10-22)1-2-21/h11-12,24H,1,3-10H2. The molecule has 1 amide bonds. The molecule has 4 nitrogen and oxygen atoms in total. The van der Waals surface area contributed by atoms with Gasteiger partial charge in [-0.1, -0.05) is 0 Å². The molecular weight excluding hydrogens is 321 g/mol. The third-order valence-corrected chi connectivity index (χ3v) is 6.78. The SMILES string of the molecule is N#CCC1(O)CN(C(=O)C23CC4CC(C2)CC(C(F)(F)F)(C4)C3)C1. The molecule has 24 heavy (non-hydrogen) atoms. The summed E-state index contributed by atoms with van der Waals surface area (Å²) in [4.78, 5) is 14.5. The van der Waals surface area contributed by atoms with Crippen LogP contribution in [0.1, 0.15) is 44.9 Å². The van der Waals surface area contributed by atoms with E-state index in [4.69, 9.17) is 5.26 Å². The van der Waals surface area contributed by atoms with Crippen LogP contribution in [0.2, 0.25) is 0 Å². The Kier molecular flexibility index (Phi) is 3.14. The fraction of sp³-hybridized carbons (Fsp3) is 0.882. The highest BCUT2D eigenvalue weighted by molar-refractivity contribution is 5.84. The molecule has 1 aliphatic heterocycles. The maximum absolute atomic E-state index is 13.8. The minimum atomic E-state index is -4.26. The van der Waals surface area contributed by atoms with Crippen LogP contribution in [-0.2, 0) is 4.79 Å². The van der Waals surface area contributed by atoms with Crippen molar-refractivity contribution in [2.75, 3.05) is 13.1 Å². The van der Waals surface area contributed by atoms with Crippen molar-refractivity contribution in [1.29, 1.82) is 5.26 Å². The first-order chi connectivity index (χ1) is 11.1. The van der Waals surface area contributed by atoms with Gasteiger partial charge in [-0.05, 0) is 50.4 Å². The molecule has 0 aromatic carbocycles. The maximum Gasteiger partial charge on any atom is 0.394 e. The van der Waals surface area contributed by atoms with Gasteiger partial charge in [-0.3, -0.25) is 4.79 Å². The summed E-state index contributed by atoms with van der Waals surface area (Å²) in [7, 11) is 0. The highest BCUT2D eigenvalue weighted by Crippen LogP contribution is 2.69. The minimum absolute atomic E-state index is 0.0175. The molecular formula is C17H21F3N2O2. The van der Waals surface area contributed by atoms with Gasteiger partial charge in [0.25, 0.3) is 0 Å². The number of likely N-dealkylation sites (tertiary alicyclic amines) is 1. The highest BCUT2D eigenvalue weighted by Gasteiger charge is 2.69. The monoisotopic (exact) mass is 342 g/mol. The normalized spacial score (nSPS) is 42.5. The summed E-state index contributed by atoms with van der Waals surface area (Å²) in [5.41, 5.74) is -3.79. The Morgan fingerprint density at radius 3 is 2.29 bits per heavy atom. The zero-order chi connectivity index (χ0) is 17.4. The van der Waals surface area contributed by atoms with Crippen LogP contribution in [0.25, 0.3) is 0 Å². The molecule has 4 saturated carbocycles. The van der Waals surface area contributed by atoms with Crippen molar-refractivity contribution >= 4 is 5.91 Å². The third-order valence-electron chi connectivity index (χ3n) is 6.78. The first-order valence-corrected chi connectivity index (χ1v) is 8.56. The number of amides is 1. The zero-order valence-electron chi connectivity index (χ0n) is 13.4. The van der Waals surface area contributed by atoms with E-state index in [1.165, 1.54) is 4.90 Å². The Balaban J connectivity index is 1.58. The van der Waals surface area contributed by atoms with Crippen molar-refractivity contribution in [2.45, 2.75) is 56.7 Å². The van der Waals surface area contributed by atoms with Gasteiger partial charge in [0.1, 0.15) is 5.60 Å². The van der Waals surface area contributed by atoms with Gasteiger partial charge in [0.2, 0.25) is 5.91 Å². The lowest BCUT2D eigenvalue weighted by molar-refractivity contribution is -0.286. The van der Waals surface area contributed by atoms with Gasteiger partial charge in [-0.25, -0.2) is 0 Å². The number of rotatable bonds is 2. The second-order valence-electron chi connectivity index (χ2n) is 8.74. The van der Waals surface area contributed by atoms with E-state index in [0.717, 1.165) is 6.42 Å². The van der Waals surface area contributed by atoms with E-state index < -0.39 is 22.6 Å². The Morgan fingerprint density at radius 1 is 1.21 bits per heavy atom. The quantitative estimate of drug-likeness (QED) is 0.839. The van der Waals surface area contributed by atoms with Crippen LogP contribution in [-0.4, -0.2) is 40.8 Å². The number of nitrogens with zero attached hydrogens (tertiary/aromatic N) is 2. The van der Waals surface area contributed by atoms with Crippen LogP contribution >= 0.6 is 0 Å². The van der Waals surface area contributed by atoms with E-state index in [1.54, 1.807) is 0 Å². The number of carbonyl (C=O) groups is 1. The first-order valence-electron chi connectivity index (χ1n) is 8.56. The largest absolute Gasteiger partial charge is 0.394 e. The molecule has 1 heterocycles. The highest BCUT2D eigenvalue weighted by atomic mass is 19.4. The summed E-state index contributed by atoms with van der Waals surface area (Å²) in [5, 5.41) is 18.8. The summed E-state index contributed by atoms with van der Waals surface area (Å²) < 4.78 is 41.3. The number of aliphatic hydroxyl groups is 1. The van der Waals surface area contributed by atoms with Gasteiger partial charge in [0.15, 0.2) is 0 Å². The van der Waals surface area contributed by atoms with E-state index >= 15 is 0 Å². The number of carbonyl (C=O) groups excluding carboxylic acids is 1. The molecule has 4 bridgehead atoms. The Morgan fingerprint density at radius 2 is 1.79 bits per heavy atom. The van der Waals surface area contributed by atoms with E-state index in [-0.39, 0.29) is 56.5 Å². The number of nitriles is 1. The molecule has 0 aromatic rings. The Bertz CT molecular complexity index is 604. The summed E-state index contributed by atoms with van der Waals surface area (Å²) in [6.45, 7) is 0.130. The Labute approximate surface area is 138 Å². The molecule has 7 heteroatoms. The zero-order valence-corrected chi connectivity index (χ0v) is 13.4. The summed E-state index contributed by atoms with van der Waals surface area (Å²) >= 11 is 0. The molecule has 0 spiro atoms. The number of alkyl halides is 3. The van der Waals surface area contributed by atoms with Crippen molar-refractivity contribution in [3.05, 3.63) is 0 Å². The fourth-order valence-electron chi connectivity index (χ4n) is 6.25. The van der Waals surface area contributed by atoms with Crippen molar-refractivity contribution < 1.29 is 23.1 Å². The van der Waals surface area contributed by atoms with E-state index in [0.29, 0.717) is 12.8 Å². The van der Waals surface area contributed by atoms with E-state index in [9.17, 15) is 23.1 Å². The van der Waals surface area contributed by atoms with E-state index in [1.807, 2.05) is 6.07 Å². The van der Waals surface area contributed by atoms with Gasteiger partial charge in [0, 0.05) is 0 Å². The summed E-state index contributed by atoms with van der Waals surface area (Å²) in [6, 6.07) is 1.89. The molecule has 5 rings (SSSR count). The molecule has 2 atom stereocenters. The summed E-state index contributed by atoms with van der Waals surface area (Å²) in [6.07, 6.45) is -2.16. The average Bonchev–Trinajstić information content (AvgIpc) is 2.41. The smallest absolute Gasteiger partial charge is 0.385 e. The fourth-order valence-corrected chi connectivity index (χ4v) is 6.25. The first kappa shape index (κ1) is 16.2. The van der Waals surface area contributed by atoms with Crippen LogP contribution in [0.5, 0.6) is 0 Å². The predicted molar refractivity (Wildman–Crippen MR) is 77.4 cm³/mol. The molecule has 2 unspecified atom stereocenters. The number of β-amino-alcohol motifs (C(OH)–C–C–N with tert-alkyl or cyclic N) is 1. The van der Waals surface area contributed by atoms with Crippen molar-refractivity contribution in [1.82, 2.24) is 4.90 Å². The van der Waals surface area contributed by atoms with Gasteiger partial charge in [0.05, 0.1) is 36.4 Å². The third kappa shape index (κ3) is 2.11. The van der Waals surface area contributed by atoms with Crippen molar-refractivity contribution in [3.8, 4) is 6.07 Å². The molecule has 0 radical (unpaired) electrons. The lowest BCUT2D eigenvalue weighted by Gasteiger charge is -2.63. The molecule has 5 aliphatic rings. The molecule has 132 valence electrons. The van der Waals surface area contributed by atoms with Crippen LogP contribution < -0.4 is 0 Å². The van der Waals surface area contributed by atoms with E-state index in [2.05, 4.69) is 0 Å². The number of halogens is 3. The molecule has 1 saturated heterocycles. The maximum atomic E-state index is 13.8. The van der Waals surface area contributed by atoms with Crippen molar-refractivity contribution in [3.63, 3.8) is 0 Å². The van der Waals surface area contributed by atoms with Gasteiger partial charge < -0.3 is 10.0 Å². The van der Waals surface area contributed by atoms with Gasteiger partial charge >= 0.3 is 6.18 Å². The number of hydrogen-bond donors (Lipinski definition) is 1. The van der Waals surface area contributed by atoms with Crippen LogP contribution in [0.4, 0.5) is 13.2 Å². The number of hydrogen-bond acceptors (Lipinski definition) is 3. The second kappa shape index (κ2) is 4.66. The average molecular weight is 342 g/mol. The van der Waals surface area contributed by atoms with Crippen LogP contribution in [0.3, 0.4) is 0 Å². The molecule has 0 aromatic heterocycles. The van der Waals surface area contributed by atoms with Gasteiger partial charge in [-0.15, -0.1) is 0 Å². The predicted octanol–water partition coefficient (Wildman–Crippen LogP) is 2.62. The molecule has 5 fully saturated rings. The lowest BCUT2D eigenvalue weighted by Crippen LogP contribution is -2.69. The van der Waals surface area contributed by atoms with Gasteiger partial charge in [-0.2, -0.15) is 18.4 Å².